The molecule has 2 N–H and O–H groups in total. The molecule has 4 heteroatoms. The maximum Gasteiger partial charge on any atom is 0.236 e. The lowest BCUT2D eigenvalue weighted by atomic mass is 10.1. The van der Waals surface area contributed by atoms with E-state index >= 15 is 0 Å². The molecule has 0 aliphatic rings. The molecule has 0 saturated carbocycles. The molecule has 4 nitrogen and oxygen atoms in total. The molecule has 2 rings (SSSR count). The number of benzene rings is 1. The number of carbonyl (C=O) groups is 1. The first-order chi connectivity index (χ1) is 8.72. The molecule has 0 aliphatic heterocycles. The van der Waals surface area contributed by atoms with Crippen molar-refractivity contribution < 1.29 is 4.79 Å². The summed E-state index contributed by atoms with van der Waals surface area (Å²) in [5.41, 5.74) is 2.32. The second kappa shape index (κ2) is 5.69. The van der Waals surface area contributed by atoms with Crippen molar-refractivity contribution in [2.24, 2.45) is 0 Å². The standard InChI is InChI=1S/C14H19N3O/c1-3-17(2)13(18)10-15-9-12-6-4-5-11-7-8-16-14(11)12/h4-8,15-16H,3,9-10H2,1-2H3. The zero-order valence-corrected chi connectivity index (χ0v) is 10.9. The number of nitrogens with zero attached hydrogens (tertiary/aromatic N) is 1. The Morgan fingerprint density at radius 2 is 2.22 bits per heavy atom. The van der Waals surface area contributed by atoms with Crippen LogP contribution in [-0.2, 0) is 11.3 Å². The van der Waals surface area contributed by atoms with E-state index in [4.69, 9.17) is 0 Å². The summed E-state index contributed by atoms with van der Waals surface area (Å²) in [4.78, 5) is 16.6. The molecule has 0 aliphatic carbocycles. The van der Waals surface area contributed by atoms with Crippen molar-refractivity contribution in [2.75, 3.05) is 20.1 Å². The number of likely N-dealkylation sites (N-methyl/N-ethyl adjacent to an activating group) is 1. The summed E-state index contributed by atoms with van der Waals surface area (Å²) in [7, 11) is 1.82. The Morgan fingerprint density at radius 1 is 1.39 bits per heavy atom. The number of carbonyl (C=O) groups excluding carboxylic acids is 1. The van der Waals surface area contributed by atoms with Crippen molar-refractivity contribution in [3.63, 3.8) is 0 Å². The zero-order valence-electron chi connectivity index (χ0n) is 10.9. The maximum absolute atomic E-state index is 11.6. The Bertz CT molecular complexity index is 533. The van der Waals surface area contributed by atoms with Crippen LogP contribution >= 0.6 is 0 Å². The quantitative estimate of drug-likeness (QED) is 0.843. The molecule has 1 aromatic carbocycles. The number of para-hydroxylation sites is 1. The fraction of sp³-hybridized carbons (Fsp3) is 0.357. The Morgan fingerprint density at radius 3 is 3.00 bits per heavy atom. The van der Waals surface area contributed by atoms with E-state index in [0.717, 1.165) is 12.1 Å². The van der Waals surface area contributed by atoms with Gasteiger partial charge in [-0.15, -0.1) is 0 Å². The van der Waals surface area contributed by atoms with Gasteiger partial charge in [0.1, 0.15) is 0 Å². The number of aromatic nitrogens is 1. The van der Waals surface area contributed by atoms with Gasteiger partial charge < -0.3 is 15.2 Å². The maximum atomic E-state index is 11.6. The molecule has 96 valence electrons. The second-order valence-electron chi connectivity index (χ2n) is 4.37. The summed E-state index contributed by atoms with van der Waals surface area (Å²) in [6.45, 7) is 3.78. The van der Waals surface area contributed by atoms with Gasteiger partial charge in [-0.1, -0.05) is 18.2 Å². The van der Waals surface area contributed by atoms with Gasteiger partial charge in [0, 0.05) is 31.9 Å². The predicted octanol–water partition coefficient (Wildman–Crippen LogP) is 1.74. The van der Waals surface area contributed by atoms with Crippen LogP contribution in [0.5, 0.6) is 0 Å². The van der Waals surface area contributed by atoms with Gasteiger partial charge in [-0.3, -0.25) is 4.79 Å². The predicted molar refractivity (Wildman–Crippen MR) is 73.3 cm³/mol. The van der Waals surface area contributed by atoms with Gasteiger partial charge in [-0.2, -0.15) is 0 Å². The Hall–Kier alpha value is -1.81. The number of aromatic amines is 1. The van der Waals surface area contributed by atoms with E-state index in [1.165, 1.54) is 10.9 Å². The van der Waals surface area contributed by atoms with E-state index in [1.54, 1.807) is 4.90 Å². The molecule has 0 bridgehead atoms. The van der Waals surface area contributed by atoms with Crippen LogP contribution in [0.1, 0.15) is 12.5 Å². The first kappa shape index (κ1) is 12.6. The molecule has 0 saturated heterocycles. The van der Waals surface area contributed by atoms with E-state index in [9.17, 15) is 4.79 Å². The van der Waals surface area contributed by atoms with Crippen molar-refractivity contribution in [1.29, 1.82) is 0 Å². The molecule has 1 aromatic heterocycles. The van der Waals surface area contributed by atoms with Crippen molar-refractivity contribution >= 4 is 16.8 Å². The van der Waals surface area contributed by atoms with Crippen LogP contribution in [0.4, 0.5) is 0 Å². The highest BCUT2D eigenvalue weighted by molar-refractivity contribution is 5.82. The van der Waals surface area contributed by atoms with Crippen LogP contribution in [-0.4, -0.2) is 35.9 Å². The topological polar surface area (TPSA) is 48.1 Å². The summed E-state index contributed by atoms with van der Waals surface area (Å²) < 4.78 is 0. The van der Waals surface area contributed by atoms with Gasteiger partial charge in [0.2, 0.25) is 5.91 Å². The molecule has 0 fully saturated rings. The van der Waals surface area contributed by atoms with E-state index in [-0.39, 0.29) is 5.91 Å². The number of hydrogen-bond donors (Lipinski definition) is 2. The van der Waals surface area contributed by atoms with Gasteiger partial charge in [0.05, 0.1) is 6.54 Å². The van der Waals surface area contributed by atoms with Crippen molar-refractivity contribution in [3.05, 3.63) is 36.0 Å². The highest BCUT2D eigenvalue weighted by Crippen LogP contribution is 2.16. The molecule has 0 unspecified atom stereocenters. The number of nitrogens with one attached hydrogen (secondary N) is 2. The Kier molecular flexibility index (Phi) is 3.99. The molecule has 2 aromatic rings. The van der Waals surface area contributed by atoms with Gasteiger partial charge >= 0.3 is 0 Å². The summed E-state index contributed by atoms with van der Waals surface area (Å²) in [6.07, 6.45) is 1.93. The van der Waals surface area contributed by atoms with Crippen LogP contribution in [0.3, 0.4) is 0 Å². The first-order valence-corrected chi connectivity index (χ1v) is 6.22. The SMILES string of the molecule is CCN(C)C(=O)CNCc1cccc2cc[nH]c12. The minimum absolute atomic E-state index is 0.121. The van der Waals surface area contributed by atoms with Crippen molar-refractivity contribution in [3.8, 4) is 0 Å². The monoisotopic (exact) mass is 245 g/mol. The van der Waals surface area contributed by atoms with Gasteiger partial charge in [-0.05, 0) is 23.9 Å². The first-order valence-electron chi connectivity index (χ1n) is 6.22. The Labute approximate surface area is 107 Å². The van der Waals surface area contributed by atoms with E-state index < -0.39 is 0 Å². The highest BCUT2D eigenvalue weighted by atomic mass is 16.2. The Balaban J connectivity index is 1.94. The third-order valence-corrected chi connectivity index (χ3v) is 3.17. The lowest BCUT2D eigenvalue weighted by Gasteiger charge is -2.14. The van der Waals surface area contributed by atoms with E-state index in [0.29, 0.717) is 13.1 Å². The number of rotatable bonds is 5. The molecule has 1 amide bonds. The third-order valence-electron chi connectivity index (χ3n) is 3.17. The third kappa shape index (κ3) is 2.71. The van der Waals surface area contributed by atoms with E-state index in [1.807, 2.05) is 26.2 Å². The summed E-state index contributed by atoms with van der Waals surface area (Å²) in [5, 5.41) is 4.39. The molecule has 18 heavy (non-hydrogen) atoms. The molecule has 0 radical (unpaired) electrons. The molecule has 0 spiro atoms. The van der Waals surface area contributed by atoms with E-state index in [2.05, 4.69) is 28.5 Å². The molecule has 0 atom stereocenters. The van der Waals surface area contributed by atoms with Crippen LogP contribution < -0.4 is 5.32 Å². The van der Waals surface area contributed by atoms with Gasteiger partial charge in [-0.25, -0.2) is 0 Å². The van der Waals surface area contributed by atoms with Crippen LogP contribution in [0.25, 0.3) is 10.9 Å². The highest BCUT2D eigenvalue weighted by Gasteiger charge is 2.06. The second-order valence-corrected chi connectivity index (χ2v) is 4.37. The average Bonchev–Trinajstić information content (AvgIpc) is 2.86. The van der Waals surface area contributed by atoms with Crippen LogP contribution in [0.15, 0.2) is 30.5 Å². The molecular formula is C14H19N3O. The summed E-state index contributed by atoms with van der Waals surface area (Å²) in [5.74, 6) is 0.121. The molecular weight excluding hydrogens is 226 g/mol. The van der Waals surface area contributed by atoms with Gasteiger partial charge in [0.25, 0.3) is 0 Å². The lowest BCUT2D eigenvalue weighted by Crippen LogP contribution is -2.35. The lowest BCUT2D eigenvalue weighted by molar-refractivity contribution is -0.128. The minimum Gasteiger partial charge on any atom is -0.361 e. The summed E-state index contributed by atoms with van der Waals surface area (Å²) in [6, 6.07) is 8.23. The zero-order chi connectivity index (χ0) is 13.0. The normalized spacial score (nSPS) is 10.8. The number of H-pyrrole nitrogens is 1. The number of amides is 1. The summed E-state index contributed by atoms with van der Waals surface area (Å²) >= 11 is 0. The molecule has 1 heterocycles. The minimum atomic E-state index is 0.121. The smallest absolute Gasteiger partial charge is 0.236 e. The number of hydrogen-bond acceptors (Lipinski definition) is 2. The van der Waals surface area contributed by atoms with Crippen LogP contribution in [0, 0.1) is 0 Å². The van der Waals surface area contributed by atoms with Crippen LogP contribution in [0.2, 0.25) is 0 Å². The fourth-order valence-corrected chi connectivity index (χ4v) is 1.91. The largest absolute Gasteiger partial charge is 0.361 e. The number of fused-ring (bicyclic) bond motifs is 1. The van der Waals surface area contributed by atoms with Crippen molar-refractivity contribution in [1.82, 2.24) is 15.2 Å². The van der Waals surface area contributed by atoms with Crippen molar-refractivity contribution in [2.45, 2.75) is 13.5 Å². The fourth-order valence-electron chi connectivity index (χ4n) is 1.91. The van der Waals surface area contributed by atoms with Gasteiger partial charge in [0.15, 0.2) is 0 Å². The average molecular weight is 245 g/mol.